The minimum Gasteiger partial charge on any atom is -0.457 e. The number of benzene rings is 4. The smallest absolute Gasteiger partial charge is 0.256 e. The predicted molar refractivity (Wildman–Crippen MR) is 118 cm³/mol. The van der Waals surface area contributed by atoms with E-state index in [-0.39, 0.29) is 5.91 Å². The average molecular weight is 379 g/mol. The molecule has 142 valence electrons. The maximum absolute atomic E-state index is 12.9. The van der Waals surface area contributed by atoms with Gasteiger partial charge in [0.25, 0.3) is 5.91 Å². The van der Waals surface area contributed by atoms with Crippen LogP contribution in [0.3, 0.4) is 0 Å². The van der Waals surface area contributed by atoms with Crippen molar-refractivity contribution in [2.45, 2.75) is 6.92 Å². The van der Waals surface area contributed by atoms with Gasteiger partial charge < -0.3 is 10.1 Å². The van der Waals surface area contributed by atoms with Gasteiger partial charge in [-0.2, -0.15) is 0 Å². The summed E-state index contributed by atoms with van der Waals surface area (Å²) in [5.41, 5.74) is 4.42. The lowest BCUT2D eigenvalue weighted by molar-refractivity contribution is 0.102. The molecule has 0 heterocycles. The van der Waals surface area contributed by atoms with Gasteiger partial charge in [0, 0.05) is 11.3 Å². The van der Waals surface area contributed by atoms with Crippen molar-refractivity contribution < 1.29 is 9.53 Å². The topological polar surface area (TPSA) is 38.3 Å². The van der Waals surface area contributed by atoms with Crippen LogP contribution >= 0.6 is 0 Å². The van der Waals surface area contributed by atoms with Gasteiger partial charge in [0.15, 0.2) is 0 Å². The Kier molecular flexibility index (Phi) is 5.39. The fraction of sp³-hybridized carbons (Fsp3) is 0.0385. The molecule has 1 N–H and O–H groups in total. The van der Waals surface area contributed by atoms with Crippen molar-refractivity contribution in [1.82, 2.24) is 0 Å². The van der Waals surface area contributed by atoms with E-state index in [4.69, 9.17) is 4.74 Å². The quantitative estimate of drug-likeness (QED) is 0.419. The van der Waals surface area contributed by atoms with E-state index in [0.717, 1.165) is 33.9 Å². The summed E-state index contributed by atoms with van der Waals surface area (Å²) < 4.78 is 5.87. The number of nitrogens with one attached hydrogen (secondary N) is 1. The van der Waals surface area contributed by atoms with Crippen LogP contribution in [0.25, 0.3) is 11.1 Å². The first-order valence-electron chi connectivity index (χ1n) is 9.49. The molecule has 0 unspecified atom stereocenters. The maximum atomic E-state index is 12.9. The van der Waals surface area contributed by atoms with Gasteiger partial charge >= 0.3 is 0 Å². The lowest BCUT2D eigenvalue weighted by Gasteiger charge is -2.11. The molecule has 0 aliphatic carbocycles. The Hall–Kier alpha value is -3.85. The van der Waals surface area contributed by atoms with Gasteiger partial charge in [-0.1, -0.05) is 60.7 Å². The molecule has 4 rings (SSSR count). The zero-order chi connectivity index (χ0) is 20.1. The summed E-state index contributed by atoms with van der Waals surface area (Å²) in [5, 5.41) is 2.97. The van der Waals surface area contributed by atoms with Crippen molar-refractivity contribution in [2.75, 3.05) is 5.32 Å². The first kappa shape index (κ1) is 18.5. The molecule has 0 saturated carbocycles. The van der Waals surface area contributed by atoms with Crippen LogP contribution in [0.1, 0.15) is 15.9 Å². The Bertz CT molecular complexity index is 1120. The SMILES string of the molecule is Cc1cccc(Oc2ccc(NC(=O)c3ccccc3-c3ccccc3)cc2)c1. The molecule has 0 fully saturated rings. The van der Waals surface area contributed by atoms with E-state index in [1.165, 1.54) is 0 Å². The molecule has 0 saturated heterocycles. The van der Waals surface area contributed by atoms with Gasteiger partial charge in [-0.25, -0.2) is 0 Å². The van der Waals surface area contributed by atoms with Crippen molar-refractivity contribution in [2.24, 2.45) is 0 Å². The Labute approximate surface area is 170 Å². The highest BCUT2D eigenvalue weighted by Gasteiger charge is 2.12. The molecule has 0 aliphatic rings. The fourth-order valence-corrected chi connectivity index (χ4v) is 3.17. The lowest BCUT2D eigenvalue weighted by atomic mass is 9.99. The number of carbonyl (C=O) groups excluding carboxylic acids is 1. The number of hydrogen-bond donors (Lipinski definition) is 1. The molecule has 0 atom stereocenters. The zero-order valence-electron chi connectivity index (χ0n) is 16.1. The fourth-order valence-electron chi connectivity index (χ4n) is 3.17. The maximum Gasteiger partial charge on any atom is 0.256 e. The van der Waals surface area contributed by atoms with Crippen molar-refractivity contribution in [3.05, 3.63) is 114 Å². The van der Waals surface area contributed by atoms with Gasteiger partial charge in [0.1, 0.15) is 11.5 Å². The Morgan fingerprint density at radius 1 is 0.724 bits per heavy atom. The van der Waals surface area contributed by atoms with Crippen LogP contribution in [0.5, 0.6) is 11.5 Å². The summed E-state index contributed by atoms with van der Waals surface area (Å²) in [4.78, 5) is 12.9. The molecule has 0 bridgehead atoms. The molecule has 0 radical (unpaired) electrons. The number of ether oxygens (including phenoxy) is 1. The molecule has 0 aliphatic heterocycles. The van der Waals surface area contributed by atoms with E-state index < -0.39 is 0 Å². The Morgan fingerprint density at radius 3 is 2.21 bits per heavy atom. The van der Waals surface area contributed by atoms with Crippen LogP contribution in [0, 0.1) is 6.92 Å². The van der Waals surface area contributed by atoms with E-state index in [1.807, 2.05) is 110 Å². The molecule has 3 heteroatoms. The van der Waals surface area contributed by atoms with Gasteiger partial charge in [0.2, 0.25) is 0 Å². The van der Waals surface area contributed by atoms with Gasteiger partial charge in [-0.15, -0.1) is 0 Å². The summed E-state index contributed by atoms with van der Waals surface area (Å²) in [6.07, 6.45) is 0. The van der Waals surface area contributed by atoms with Crippen LogP contribution in [-0.4, -0.2) is 5.91 Å². The highest BCUT2D eigenvalue weighted by Crippen LogP contribution is 2.26. The van der Waals surface area contributed by atoms with E-state index in [0.29, 0.717) is 5.56 Å². The molecular formula is C26H21NO2. The average Bonchev–Trinajstić information content (AvgIpc) is 2.76. The number of aryl methyl sites for hydroxylation is 1. The number of rotatable bonds is 5. The second-order valence-electron chi connectivity index (χ2n) is 6.81. The van der Waals surface area contributed by atoms with Crippen molar-refractivity contribution >= 4 is 11.6 Å². The second-order valence-corrected chi connectivity index (χ2v) is 6.81. The molecule has 4 aromatic rings. The standard InChI is InChI=1S/C26H21NO2/c1-19-8-7-11-23(18-19)29-22-16-14-21(15-17-22)27-26(28)25-13-6-5-12-24(25)20-9-3-2-4-10-20/h2-18H,1H3,(H,27,28). The van der Waals surface area contributed by atoms with Crippen LogP contribution in [0.4, 0.5) is 5.69 Å². The number of carbonyl (C=O) groups is 1. The first-order chi connectivity index (χ1) is 14.2. The van der Waals surface area contributed by atoms with Crippen LogP contribution in [0.2, 0.25) is 0 Å². The van der Waals surface area contributed by atoms with Gasteiger partial charge in [-0.3, -0.25) is 4.79 Å². The van der Waals surface area contributed by atoms with Crippen LogP contribution in [-0.2, 0) is 0 Å². The van der Waals surface area contributed by atoms with Gasteiger partial charge in [-0.05, 0) is 66.1 Å². The Balaban J connectivity index is 1.50. The molecule has 0 aromatic heterocycles. The van der Waals surface area contributed by atoms with E-state index in [1.54, 1.807) is 0 Å². The summed E-state index contributed by atoms with van der Waals surface area (Å²) >= 11 is 0. The zero-order valence-corrected chi connectivity index (χ0v) is 16.1. The lowest BCUT2D eigenvalue weighted by Crippen LogP contribution is -2.13. The molecule has 0 spiro atoms. The third-order valence-corrected chi connectivity index (χ3v) is 4.59. The van der Waals surface area contributed by atoms with E-state index in [2.05, 4.69) is 5.32 Å². The highest BCUT2D eigenvalue weighted by atomic mass is 16.5. The summed E-state index contributed by atoms with van der Waals surface area (Å²) in [6, 6.07) is 32.8. The molecule has 3 nitrogen and oxygen atoms in total. The third-order valence-electron chi connectivity index (χ3n) is 4.59. The molecular weight excluding hydrogens is 358 g/mol. The van der Waals surface area contributed by atoms with Crippen molar-refractivity contribution in [3.63, 3.8) is 0 Å². The van der Waals surface area contributed by atoms with Crippen LogP contribution in [0.15, 0.2) is 103 Å². The largest absolute Gasteiger partial charge is 0.457 e. The first-order valence-corrected chi connectivity index (χ1v) is 9.49. The molecule has 1 amide bonds. The minimum atomic E-state index is -0.142. The summed E-state index contributed by atoms with van der Waals surface area (Å²) in [6.45, 7) is 2.03. The van der Waals surface area contributed by atoms with Crippen LogP contribution < -0.4 is 10.1 Å². The molecule has 29 heavy (non-hydrogen) atoms. The van der Waals surface area contributed by atoms with E-state index >= 15 is 0 Å². The number of hydrogen-bond acceptors (Lipinski definition) is 2. The van der Waals surface area contributed by atoms with Gasteiger partial charge in [0.05, 0.1) is 0 Å². The predicted octanol–water partition coefficient (Wildman–Crippen LogP) is 6.71. The van der Waals surface area contributed by atoms with Crippen molar-refractivity contribution in [1.29, 1.82) is 0 Å². The minimum absolute atomic E-state index is 0.142. The highest BCUT2D eigenvalue weighted by molar-refractivity contribution is 6.08. The normalized spacial score (nSPS) is 10.4. The molecule has 4 aromatic carbocycles. The van der Waals surface area contributed by atoms with E-state index in [9.17, 15) is 4.79 Å². The third kappa shape index (κ3) is 4.53. The summed E-state index contributed by atoms with van der Waals surface area (Å²) in [5.74, 6) is 1.37. The Morgan fingerprint density at radius 2 is 1.45 bits per heavy atom. The number of amides is 1. The van der Waals surface area contributed by atoms with Crippen molar-refractivity contribution in [3.8, 4) is 22.6 Å². The number of anilines is 1. The monoisotopic (exact) mass is 379 g/mol. The second kappa shape index (κ2) is 8.44. The summed E-state index contributed by atoms with van der Waals surface area (Å²) in [7, 11) is 0.